The highest BCUT2D eigenvalue weighted by atomic mass is 19.4. The molecule has 0 fully saturated rings. The maximum absolute atomic E-state index is 14.5. The molecule has 1 N–H and O–H groups in total. The third kappa shape index (κ3) is 3.47. The van der Waals surface area contributed by atoms with Crippen LogP contribution in [0.25, 0.3) is 0 Å². The van der Waals surface area contributed by atoms with Crippen LogP contribution < -0.4 is 14.8 Å². The van der Waals surface area contributed by atoms with Crippen LogP contribution in [0.5, 0.6) is 11.5 Å². The molecule has 0 radical (unpaired) electrons. The lowest BCUT2D eigenvalue weighted by molar-refractivity contribution is -0.252. The van der Waals surface area contributed by atoms with Crippen molar-refractivity contribution >= 4 is 11.5 Å². The number of amidine groups is 1. The lowest BCUT2D eigenvalue weighted by atomic mass is 9.98. The third-order valence-corrected chi connectivity index (χ3v) is 4.83. The molecule has 1 heterocycles. The fraction of sp³-hybridized carbons (Fsp3) is 0.174. The number of rotatable bonds is 3. The second kappa shape index (κ2) is 7.40. The smallest absolute Gasteiger partial charge is 0.455 e. The molecule has 0 saturated heterocycles. The maximum Gasteiger partial charge on any atom is 0.455 e. The average molecular weight is 412 g/mol. The molecule has 1 aliphatic heterocycles. The fourth-order valence-corrected chi connectivity index (χ4v) is 3.25. The van der Waals surface area contributed by atoms with Crippen LogP contribution in [0, 0.1) is 6.92 Å². The van der Waals surface area contributed by atoms with Crippen molar-refractivity contribution in [3.05, 3.63) is 89.5 Å². The van der Waals surface area contributed by atoms with E-state index in [1.807, 2.05) is 6.07 Å². The van der Waals surface area contributed by atoms with E-state index in [0.717, 1.165) is 5.56 Å². The Hall–Kier alpha value is -3.48. The Bertz CT molecular complexity index is 1080. The zero-order valence-corrected chi connectivity index (χ0v) is 16.3. The minimum absolute atomic E-state index is 0.0284. The molecule has 0 spiro atoms. The molecule has 0 aromatic heterocycles. The number of ether oxygens (including phenoxy) is 2. The van der Waals surface area contributed by atoms with Gasteiger partial charge in [0.1, 0.15) is 17.3 Å². The number of hydrogen-bond acceptors (Lipinski definition) is 4. The van der Waals surface area contributed by atoms with Gasteiger partial charge in [-0.25, -0.2) is 4.99 Å². The Balaban J connectivity index is 1.93. The molecule has 0 bridgehead atoms. The van der Waals surface area contributed by atoms with E-state index < -0.39 is 11.9 Å². The van der Waals surface area contributed by atoms with Crippen LogP contribution in [-0.4, -0.2) is 19.1 Å². The molecule has 30 heavy (non-hydrogen) atoms. The van der Waals surface area contributed by atoms with Crippen LogP contribution in [0.4, 0.5) is 18.9 Å². The minimum Gasteiger partial charge on any atom is -0.497 e. The van der Waals surface area contributed by atoms with Gasteiger partial charge in [-0.15, -0.1) is 0 Å². The number of hydrogen-bond donors (Lipinski definition) is 1. The lowest BCUT2D eigenvalue weighted by Gasteiger charge is -2.37. The van der Waals surface area contributed by atoms with E-state index in [2.05, 4.69) is 10.3 Å². The summed E-state index contributed by atoms with van der Waals surface area (Å²) in [7, 11) is 1.44. The van der Waals surface area contributed by atoms with Gasteiger partial charge in [0.2, 0.25) is 0 Å². The van der Waals surface area contributed by atoms with Gasteiger partial charge >= 0.3 is 11.9 Å². The van der Waals surface area contributed by atoms with Gasteiger partial charge in [-0.1, -0.05) is 48.0 Å². The number of halogens is 3. The van der Waals surface area contributed by atoms with E-state index in [-0.39, 0.29) is 17.1 Å². The first kappa shape index (κ1) is 19.8. The summed E-state index contributed by atoms with van der Waals surface area (Å²) >= 11 is 0. The highest BCUT2D eigenvalue weighted by Crippen LogP contribution is 2.48. The third-order valence-electron chi connectivity index (χ3n) is 4.83. The molecule has 4 rings (SSSR count). The van der Waals surface area contributed by atoms with E-state index >= 15 is 0 Å². The molecule has 0 unspecified atom stereocenters. The number of benzene rings is 3. The highest BCUT2D eigenvalue weighted by Gasteiger charge is 2.61. The monoisotopic (exact) mass is 412 g/mol. The molecule has 0 aliphatic carbocycles. The predicted molar refractivity (Wildman–Crippen MR) is 109 cm³/mol. The van der Waals surface area contributed by atoms with E-state index in [4.69, 9.17) is 9.47 Å². The molecule has 1 atom stereocenters. The van der Waals surface area contributed by atoms with Crippen molar-refractivity contribution in [3.8, 4) is 11.5 Å². The first-order valence-corrected chi connectivity index (χ1v) is 9.25. The summed E-state index contributed by atoms with van der Waals surface area (Å²) in [5.74, 6) is 0.471. The summed E-state index contributed by atoms with van der Waals surface area (Å²) in [5.41, 5.74) is -1.15. The van der Waals surface area contributed by atoms with Crippen molar-refractivity contribution in [2.75, 3.05) is 12.4 Å². The van der Waals surface area contributed by atoms with Gasteiger partial charge in [0.25, 0.3) is 0 Å². The van der Waals surface area contributed by atoms with E-state index in [0.29, 0.717) is 17.0 Å². The summed E-state index contributed by atoms with van der Waals surface area (Å²) in [6, 6.07) is 19.6. The highest BCUT2D eigenvalue weighted by molar-refractivity contribution is 6.11. The number of alkyl halides is 3. The standard InChI is InChI=1S/C23H19F3N2O2/c1-15-8-10-16(11-9-15)22(23(24,25)26)28-21(27-17-6-4-3-5-7-17)19-13-12-18(29-2)14-20(19)30-22/h3-14H,1-2H3,(H,27,28)/t22-/m1/s1. The van der Waals surface area contributed by atoms with Gasteiger partial charge in [-0.3, -0.25) is 0 Å². The van der Waals surface area contributed by atoms with Crippen molar-refractivity contribution in [1.82, 2.24) is 0 Å². The molecule has 154 valence electrons. The molecule has 3 aromatic rings. The van der Waals surface area contributed by atoms with E-state index in [9.17, 15) is 13.2 Å². The van der Waals surface area contributed by atoms with Crippen LogP contribution in [0.3, 0.4) is 0 Å². The number of aliphatic imine (C=N–C) groups is 1. The maximum atomic E-state index is 14.5. The fourth-order valence-electron chi connectivity index (χ4n) is 3.25. The first-order chi connectivity index (χ1) is 14.3. The number of anilines is 1. The van der Waals surface area contributed by atoms with Crippen molar-refractivity contribution in [1.29, 1.82) is 0 Å². The van der Waals surface area contributed by atoms with Crippen molar-refractivity contribution in [2.45, 2.75) is 18.8 Å². The van der Waals surface area contributed by atoms with Gasteiger partial charge in [0, 0.05) is 17.3 Å². The Morgan fingerprint density at radius 2 is 1.67 bits per heavy atom. The normalized spacial score (nSPS) is 18.1. The van der Waals surface area contributed by atoms with E-state index in [1.165, 1.54) is 25.3 Å². The van der Waals surface area contributed by atoms with Crippen LogP contribution in [-0.2, 0) is 5.72 Å². The van der Waals surface area contributed by atoms with Gasteiger partial charge in [-0.05, 0) is 31.2 Å². The number of para-hydroxylation sites is 1. The van der Waals surface area contributed by atoms with Crippen LogP contribution in [0.15, 0.2) is 77.8 Å². The zero-order valence-electron chi connectivity index (χ0n) is 16.3. The summed E-state index contributed by atoms with van der Waals surface area (Å²) < 4.78 is 54.2. The predicted octanol–water partition coefficient (Wildman–Crippen LogP) is 5.67. The Labute approximate surface area is 172 Å². The molecular formula is C23H19F3N2O2. The summed E-state index contributed by atoms with van der Waals surface area (Å²) in [4.78, 5) is 4.09. The number of nitrogens with one attached hydrogen (secondary N) is 1. The summed E-state index contributed by atoms with van der Waals surface area (Å²) in [6.07, 6.45) is -4.81. The molecule has 0 saturated carbocycles. The number of aryl methyl sites for hydroxylation is 1. The second-order valence-corrected chi connectivity index (χ2v) is 6.92. The Morgan fingerprint density at radius 1 is 0.967 bits per heavy atom. The Morgan fingerprint density at radius 3 is 2.30 bits per heavy atom. The van der Waals surface area contributed by atoms with Crippen molar-refractivity contribution in [2.24, 2.45) is 4.99 Å². The van der Waals surface area contributed by atoms with Crippen LogP contribution in [0.1, 0.15) is 16.7 Å². The molecular weight excluding hydrogens is 393 g/mol. The number of nitrogens with zero attached hydrogens (tertiary/aromatic N) is 1. The summed E-state index contributed by atoms with van der Waals surface area (Å²) in [6.45, 7) is 1.80. The topological polar surface area (TPSA) is 42.9 Å². The van der Waals surface area contributed by atoms with Crippen molar-refractivity contribution < 1.29 is 22.6 Å². The zero-order chi connectivity index (χ0) is 21.4. The van der Waals surface area contributed by atoms with Gasteiger partial charge in [0.05, 0.1) is 12.7 Å². The number of fused-ring (bicyclic) bond motifs is 1. The molecule has 7 heteroatoms. The quantitative estimate of drug-likeness (QED) is 0.603. The molecule has 0 amide bonds. The van der Waals surface area contributed by atoms with Gasteiger partial charge < -0.3 is 14.8 Å². The van der Waals surface area contributed by atoms with Crippen LogP contribution in [0.2, 0.25) is 0 Å². The Kier molecular flexibility index (Phi) is 4.89. The molecule has 4 nitrogen and oxygen atoms in total. The molecule has 3 aromatic carbocycles. The number of methoxy groups -OCH3 is 1. The molecule has 1 aliphatic rings. The lowest BCUT2D eigenvalue weighted by Crippen LogP contribution is -2.49. The van der Waals surface area contributed by atoms with E-state index in [1.54, 1.807) is 55.5 Å². The largest absolute Gasteiger partial charge is 0.497 e. The summed E-state index contributed by atoms with van der Waals surface area (Å²) in [5, 5.41) is 3.01. The van der Waals surface area contributed by atoms with Crippen LogP contribution >= 0.6 is 0 Å². The minimum atomic E-state index is -4.81. The van der Waals surface area contributed by atoms with Gasteiger partial charge in [0.15, 0.2) is 0 Å². The first-order valence-electron chi connectivity index (χ1n) is 9.25. The second-order valence-electron chi connectivity index (χ2n) is 6.92. The van der Waals surface area contributed by atoms with Gasteiger partial charge in [-0.2, -0.15) is 13.2 Å². The average Bonchev–Trinajstić information content (AvgIpc) is 2.73. The van der Waals surface area contributed by atoms with Crippen molar-refractivity contribution in [3.63, 3.8) is 0 Å². The SMILES string of the molecule is COc1ccc2c(c1)O[C@](c1ccc(C)cc1)(C(F)(F)F)N=C2Nc1ccccc1.